The summed E-state index contributed by atoms with van der Waals surface area (Å²) in [6.45, 7) is 40.8. The number of carbonyl (C=O) groups excluding carboxylic acids is 10. The van der Waals surface area contributed by atoms with Crippen LogP contribution in [0, 0.1) is 52.3 Å². The van der Waals surface area contributed by atoms with E-state index in [2.05, 4.69) is 76.9 Å². The van der Waals surface area contributed by atoms with Crippen molar-refractivity contribution >= 4 is 59.7 Å². The number of hydrogen-bond donors (Lipinski definition) is 0. The largest absolute Gasteiger partial charge is 0.466 e. The van der Waals surface area contributed by atoms with E-state index >= 15 is 0 Å². The van der Waals surface area contributed by atoms with Crippen molar-refractivity contribution in [3.8, 4) is 0 Å². The quantitative estimate of drug-likeness (QED) is 0.0236. The van der Waals surface area contributed by atoms with Crippen molar-refractivity contribution < 1.29 is 143 Å². The fourth-order valence-corrected chi connectivity index (χ4v) is 15.6. The van der Waals surface area contributed by atoms with E-state index in [0.717, 1.165) is 178 Å². The molecule has 30 nitrogen and oxygen atoms in total. The lowest BCUT2D eigenvalue weighted by molar-refractivity contribution is -0.206. The molecule has 0 aliphatic heterocycles. The third-order valence-electron chi connectivity index (χ3n) is 19.9. The highest BCUT2D eigenvalue weighted by Gasteiger charge is 2.60. The maximum atomic E-state index is 11.1. The second-order valence-corrected chi connectivity index (χ2v) is 33.6. The molecule has 0 spiro atoms. The molecule has 4 unspecified atom stereocenters. The highest BCUT2D eigenvalue weighted by molar-refractivity contribution is 5.68. The second kappa shape index (κ2) is 79.9. The average Bonchev–Trinajstić information content (AvgIpc) is 0.733. The molecule has 8 aliphatic rings. The maximum absolute atomic E-state index is 11.1. The highest BCUT2D eigenvalue weighted by Crippen LogP contribution is 2.64. The summed E-state index contributed by atoms with van der Waals surface area (Å²) >= 11 is 0. The van der Waals surface area contributed by atoms with Gasteiger partial charge in [-0.1, -0.05) is 54.9 Å². The smallest absolute Gasteiger partial charge is 0.304 e. The Labute approximate surface area is 735 Å². The van der Waals surface area contributed by atoms with Crippen molar-refractivity contribution in [1.82, 2.24) is 0 Å². The second-order valence-electron chi connectivity index (χ2n) is 33.6. The number of rotatable bonds is 51. The number of esters is 10. The van der Waals surface area contributed by atoms with Gasteiger partial charge in [-0.2, -0.15) is 0 Å². The fourth-order valence-electron chi connectivity index (χ4n) is 15.6. The van der Waals surface area contributed by atoms with Gasteiger partial charge in [-0.15, -0.1) is 0 Å². The van der Waals surface area contributed by atoms with E-state index in [0.29, 0.717) is 85.2 Å². The highest BCUT2D eigenvalue weighted by atomic mass is 16.7. The number of hydrogen-bond acceptors (Lipinski definition) is 30. The van der Waals surface area contributed by atoms with Crippen LogP contribution in [0.1, 0.15) is 297 Å². The predicted molar refractivity (Wildman–Crippen MR) is 465 cm³/mol. The van der Waals surface area contributed by atoms with Gasteiger partial charge in [-0.3, -0.25) is 47.9 Å². The van der Waals surface area contributed by atoms with Crippen molar-refractivity contribution in [2.75, 3.05) is 175 Å². The molecule has 0 aromatic rings. The van der Waals surface area contributed by atoms with E-state index in [4.69, 9.17) is 66.3 Å². The molecule has 8 rings (SSSR count). The molecule has 8 aliphatic carbocycles. The molecule has 0 N–H and O–H groups in total. The summed E-state index contributed by atoms with van der Waals surface area (Å²) in [7, 11) is 9.86. The summed E-state index contributed by atoms with van der Waals surface area (Å²) in [6.07, 6.45) is 31.5. The first-order chi connectivity index (χ1) is 57.8. The lowest BCUT2D eigenvalue weighted by Crippen LogP contribution is -2.58. The van der Waals surface area contributed by atoms with Crippen molar-refractivity contribution in [1.29, 1.82) is 0 Å². The van der Waals surface area contributed by atoms with Gasteiger partial charge in [0, 0.05) is 175 Å². The van der Waals surface area contributed by atoms with Crippen LogP contribution >= 0.6 is 0 Å². The number of carbonyl (C=O) groups is 10. The minimum absolute atomic E-state index is 0.0509. The first-order valence-electron chi connectivity index (χ1n) is 44.5. The zero-order valence-corrected chi connectivity index (χ0v) is 80.2. The topological polar surface area (TPSA) is 355 Å². The summed E-state index contributed by atoms with van der Waals surface area (Å²) in [6, 6.07) is 0. The standard InChI is InChI=1S/C16H26O3.C14H22O3.C12H24O3.C10H20O3.2C9H18O3.C7H14O3.C6H12O3.C5H10O3.C4H8O3/c1-3-4-19-16-8-13-5-14(9-16)7-15(6-13,10-16)11-18-12(2)17;1-10(15)17-9-13-4-11-3-12(5-13)7-14(6-11,8-13)16-2;1-11(2)7-6-9-14-8-4-5-10-15-12(3)13;1-9(2)5-4-6-12-7-8-13-10(3)11;1-8(2)5-4-6-11-7-12-9(3)10;1-9(10)12-8-6-4-3-5-7-11-2;1-7(8)10-6-4-3-5-9-2;1-6(7)9-5-3-4-8-2;1-5(6)8-4-3-7-2;1-4(5)7-3-6-2/h13-14H,3-11H2,1-2H3;11-12H,3-9H2,1-2H3;11H,4-10H2,1-3H3;9H,4-8H2,1-3H3;8H,4-7H2,1-3H3;3-8H2,1-2H3;3-6H2,1-2H3;3-5H2,1-2H3;3-4H2,1-2H3;3H2,1-2H3. The van der Waals surface area contributed by atoms with Crippen LogP contribution in [0.4, 0.5) is 0 Å². The Hall–Kier alpha value is -5.70. The zero-order chi connectivity index (χ0) is 92.9. The molecule has 0 saturated heterocycles. The van der Waals surface area contributed by atoms with E-state index in [-0.39, 0.29) is 95.3 Å². The number of ether oxygens (including phenoxy) is 20. The fraction of sp³-hybridized carbons (Fsp3) is 0.891. The average molecular weight is 1760 g/mol. The molecule has 122 heavy (non-hydrogen) atoms. The van der Waals surface area contributed by atoms with Crippen LogP contribution in [0.15, 0.2) is 0 Å². The van der Waals surface area contributed by atoms with E-state index in [1.807, 2.05) is 7.11 Å². The van der Waals surface area contributed by atoms with E-state index in [1.165, 1.54) is 153 Å². The molecule has 0 heterocycles. The molecule has 8 fully saturated rings. The van der Waals surface area contributed by atoms with Gasteiger partial charge in [-0.25, -0.2) is 0 Å². The maximum Gasteiger partial charge on any atom is 0.304 e. The third-order valence-corrected chi connectivity index (χ3v) is 19.9. The monoisotopic (exact) mass is 1760 g/mol. The molecule has 30 heteroatoms. The Bertz CT molecular complexity index is 2590. The van der Waals surface area contributed by atoms with Crippen LogP contribution in [0.5, 0.6) is 0 Å². The van der Waals surface area contributed by atoms with Gasteiger partial charge in [-0.05, 0) is 208 Å². The molecule has 4 atom stereocenters. The van der Waals surface area contributed by atoms with Crippen LogP contribution in [0.3, 0.4) is 0 Å². The Kier molecular flexibility index (Phi) is 80.3. The molecular formula is C92H172O30. The van der Waals surface area contributed by atoms with Gasteiger partial charge in [0.1, 0.15) is 13.2 Å². The number of methoxy groups -OCH3 is 6. The summed E-state index contributed by atoms with van der Waals surface area (Å²) in [5, 5.41) is 0. The predicted octanol–water partition coefficient (Wildman–Crippen LogP) is 16.3. The van der Waals surface area contributed by atoms with Crippen LogP contribution in [-0.2, 0) is 143 Å². The Balaban J connectivity index is -0.000000643. The number of unbranched alkanes of at least 4 members (excludes halogenated alkanes) is 5. The molecular weight excluding hydrogens is 1580 g/mol. The Morgan fingerprint density at radius 1 is 0.270 bits per heavy atom. The third kappa shape index (κ3) is 79.0. The van der Waals surface area contributed by atoms with Gasteiger partial charge in [0.05, 0.1) is 70.7 Å². The van der Waals surface area contributed by atoms with Crippen molar-refractivity contribution in [2.45, 2.75) is 309 Å². The lowest BCUT2D eigenvalue weighted by atomic mass is 9.48. The van der Waals surface area contributed by atoms with Crippen molar-refractivity contribution in [3.05, 3.63) is 0 Å². The van der Waals surface area contributed by atoms with Gasteiger partial charge in [0.15, 0.2) is 13.6 Å². The molecule has 0 radical (unpaired) electrons. The summed E-state index contributed by atoms with van der Waals surface area (Å²) in [5.41, 5.74) is 0.666. The van der Waals surface area contributed by atoms with Crippen LogP contribution < -0.4 is 0 Å². The van der Waals surface area contributed by atoms with Crippen LogP contribution in [0.25, 0.3) is 0 Å². The first kappa shape index (κ1) is 123. The lowest BCUT2D eigenvalue weighted by Gasteiger charge is -2.61. The normalized spacial score (nSPS) is 20.2. The molecule has 0 amide bonds. The van der Waals surface area contributed by atoms with E-state index in [1.54, 1.807) is 28.4 Å². The summed E-state index contributed by atoms with van der Waals surface area (Å²) in [4.78, 5) is 104. The van der Waals surface area contributed by atoms with Gasteiger partial charge in [0.2, 0.25) is 0 Å². The molecule has 0 aromatic heterocycles. The Morgan fingerprint density at radius 2 is 0.557 bits per heavy atom. The summed E-state index contributed by atoms with van der Waals surface area (Å²) < 4.78 is 99.1. The molecule has 8 bridgehead atoms. The molecule has 720 valence electrons. The minimum atomic E-state index is -0.318. The zero-order valence-electron chi connectivity index (χ0n) is 80.2. The van der Waals surface area contributed by atoms with Crippen molar-refractivity contribution in [2.24, 2.45) is 52.3 Å². The molecule has 8 saturated carbocycles. The van der Waals surface area contributed by atoms with Crippen LogP contribution in [-0.4, -0.2) is 246 Å². The van der Waals surface area contributed by atoms with E-state index in [9.17, 15) is 47.9 Å². The van der Waals surface area contributed by atoms with Gasteiger partial charge < -0.3 is 94.7 Å². The van der Waals surface area contributed by atoms with Crippen molar-refractivity contribution in [3.63, 3.8) is 0 Å². The first-order valence-corrected chi connectivity index (χ1v) is 44.5. The van der Waals surface area contributed by atoms with Gasteiger partial charge >= 0.3 is 59.7 Å². The van der Waals surface area contributed by atoms with E-state index < -0.39 is 0 Å². The molecule has 0 aromatic carbocycles. The van der Waals surface area contributed by atoms with Crippen LogP contribution in [0.2, 0.25) is 0 Å². The Morgan fingerprint density at radius 3 is 0.902 bits per heavy atom. The summed E-state index contributed by atoms with van der Waals surface area (Å²) in [5.74, 6) is 3.17. The minimum Gasteiger partial charge on any atom is -0.466 e. The SMILES string of the molecule is CC(=O)OCCCCOCCCC(C)C.CC(=O)OCCOCCCC(C)C.CC(=O)OCOCCCC(C)C.CCCOC12CC3CC(CC(COC(C)=O)(C3)C1)C2.COC12CC3CC(CC(COC(C)=O)(C3)C1)C2.COCCCCCCOC(C)=O.COCCCCOC(C)=O.COCCCOC(C)=O.COCCOC(C)=O.COCOC(C)=O. The van der Waals surface area contributed by atoms with Gasteiger partial charge in [0.25, 0.3) is 0 Å².